The van der Waals surface area contributed by atoms with Crippen molar-refractivity contribution in [3.8, 4) is 5.75 Å². The number of hydrogen-bond acceptors (Lipinski definition) is 5. The highest BCUT2D eigenvalue weighted by molar-refractivity contribution is 6.31. The largest absolute Gasteiger partial charge is 0.493 e. The molecule has 0 radical (unpaired) electrons. The number of aliphatic hydroxyl groups is 1. The van der Waals surface area contributed by atoms with Gasteiger partial charge in [0, 0.05) is 6.54 Å². The fourth-order valence-corrected chi connectivity index (χ4v) is 2.56. The number of nitrogens with two attached hydrogens (primary N) is 1. The van der Waals surface area contributed by atoms with Crippen LogP contribution < -0.4 is 10.5 Å². The molecule has 1 heterocycles. The first-order chi connectivity index (χ1) is 9.94. The van der Waals surface area contributed by atoms with Crippen LogP contribution in [-0.2, 0) is 15.3 Å². The maximum atomic E-state index is 14.3. The Bertz CT molecular complexity index is 520. The van der Waals surface area contributed by atoms with Gasteiger partial charge in [-0.3, -0.25) is 0 Å². The molecule has 1 aromatic rings. The van der Waals surface area contributed by atoms with Gasteiger partial charge in [0.15, 0.2) is 11.6 Å². The lowest BCUT2D eigenvalue weighted by atomic mass is 9.98. The van der Waals surface area contributed by atoms with Crippen LogP contribution in [0, 0.1) is 5.82 Å². The summed E-state index contributed by atoms with van der Waals surface area (Å²) in [5, 5.41) is 9.87. The van der Waals surface area contributed by atoms with E-state index in [0.29, 0.717) is 18.8 Å². The summed E-state index contributed by atoms with van der Waals surface area (Å²) in [5.41, 5.74) is 5.82. The Morgan fingerprint density at radius 1 is 1.52 bits per heavy atom. The minimum Gasteiger partial charge on any atom is -0.493 e. The van der Waals surface area contributed by atoms with Gasteiger partial charge in [-0.2, -0.15) is 0 Å². The molecule has 5 nitrogen and oxygen atoms in total. The maximum absolute atomic E-state index is 14.3. The van der Waals surface area contributed by atoms with Gasteiger partial charge >= 0.3 is 0 Å². The summed E-state index contributed by atoms with van der Waals surface area (Å²) in [6.45, 7) is 4.40. The zero-order valence-corrected chi connectivity index (χ0v) is 12.7. The monoisotopic (exact) mass is 319 g/mol. The van der Waals surface area contributed by atoms with Gasteiger partial charge in [0.2, 0.25) is 0 Å². The molecule has 3 N–H and O–H groups in total. The third-order valence-corrected chi connectivity index (χ3v) is 3.65. The van der Waals surface area contributed by atoms with E-state index in [4.69, 9.17) is 31.5 Å². The second-order valence-corrected chi connectivity index (χ2v) is 5.20. The Kier molecular flexibility index (Phi) is 5.06. The highest BCUT2D eigenvalue weighted by atomic mass is 35.5. The molecule has 0 aromatic heterocycles. The van der Waals surface area contributed by atoms with Crippen LogP contribution in [0.15, 0.2) is 6.07 Å². The van der Waals surface area contributed by atoms with E-state index in [1.165, 1.54) is 6.07 Å². The van der Waals surface area contributed by atoms with E-state index < -0.39 is 17.7 Å². The number of benzene rings is 1. The molecule has 1 aliphatic heterocycles. The SMILES string of the molecule is CCOc1c(C2(C)OCCO2)cc(Cl)c(F)c1[C@@H](O)CN. The quantitative estimate of drug-likeness (QED) is 0.869. The standard InChI is InChI=1S/C14H19ClFNO4/c1-3-19-13-8(14(2)20-4-5-21-14)6-9(15)12(16)11(13)10(18)7-17/h6,10,18H,3-5,7,17H2,1-2H3/t10-/m0/s1. The molecule has 1 aliphatic rings. The van der Waals surface area contributed by atoms with Crippen molar-refractivity contribution in [2.75, 3.05) is 26.4 Å². The van der Waals surface area contributed by atoms with Crippen molar-refractivity contribution in [2.24, 2.45) is 5.73 Å². The fourth-order valence-electron chi connectivity index (χ4n) is 2.35. The Morgan fingerprint density at radius 3 is 2.67 bits per heavy atom. The second kappa shape index (κ2) is 6.46. The van der Waals surface area contributed by atoms with Crippen LogP contribution in [0.5, 0.6) is 5.75 Å². The van der Waals surface area contributed by atoms with E-state index in [1.54, 1.807) is 13.8 Å². The summed E-state index contributed by atoms with van der Waals surface area (Å²) in [4.78, 5) is 0. The van der Waals surface area contributed by atoms with Crippen molar-refractivity contribution >= 4 is 11.6 Å². The minimum absolute atomic E-state index is 0.0674. The van der Waals surface area contributed by atoms with Crippen molar-refractivity contribution in [3.05, 3.63) is 28.0 Å². The van der Waals surface area contributed by atoms with Crippen LogP contribution >= 0.6 is 11.6 Å². The van der Waals surface area contributed by atoms with Crippen LogP contribution in [0.2, 0.25) is 5.02 Å². The van der Waals surface area contributed by atoms with E-state index >= 15 is 0 Å². The number of halogens is 2. The van der Waals surface area contributed by atoms with Gasteiger partial charge in [0.1, 0.15) is 5.75 Å². The summed E-state index contributed by atoms with van der Waals surface area (Å²) < 4.78 is 31.0. The molecule has 0 aliphatic carbocycles. The Hall–Kier alpha value is -0.920. The van der Waals surface area contributed by atoms with Crippen LogP contribution in [-0.4, -0.2) is 31.5 Å². The third-order valence-electron chi connectivity index (χ3n) is 3.38. The molecule has 0 bridgehead atoms. The van der Waals surface area contributed by atoms with Crippen molar-refractivity contribution in [2.45, 2.75) is 25.7 Å². The van der Waals surface area contributed by atoms with E-state index in [2.05, 4.69) is 0 Å². The Labute approximate surface area is 127 Å². The van der Waals surface area contributed by atoms with Gasteiger partial charge in [-0.1, -0.05) is 11.6 Å². The molecule has 2 rings (SSSR count). The molecule has 1 aromatic carbocycles. The van der Waals surface area contributed by atoms with Crippen LogP contribution in [0.3, 0.4) is 0 Å². The molecule has 0 unspecified atom stereocenters. The van der Waals surface area contributed by atoms with Crippen molar-refractivity contribution < 1.29 is 23.7 Å². The number of rotatable bonds is 5. The minimum atomic E-state index is -1.23. The van der Waals surface area contributed by atoms with Crippen LogP contribution in [0.25, 0.3) is 0 Å². The molecule has 1 saturated heterocycles. The molecule has 7 heteroatoms. The first-order valence-electron chi connectivity index (χ1n) is 6.75. The molecule has 0 saturated carbocycles. The summed E-state index contributed by atoms with van der Waals surface area (Å²) >= 11 is 5.94. The van der Waals surface area contributed by atoms with E-state index in [9.17, 15) is 9.50 Å². The Morgan fingerprint density at radius 2 is 2.14 bits per heavy atom. The lowest BCUT2D eigenvalue weighted by molar-refractivity contribution is -0.151. The molecule has 21 heavy (non-hydrogen) atoms. The van der Waals surface area contributed by atoms with Crippen molar-refractivity contribution in [3.63, 3.8) is 0 Å². The zero-order chi connectivity index (χ0) is 15.6. The molecular weight excluding hydrogens is 301 g/mol. The third kappa shape index (κ3) is 3.00. The van der Waals surface area contributed by atoms with E-state index in [-0.39, 0.29) is 29.5 Å². The first kappa shape index (κ1) is 16.5. The lowest BCUT2D eigenvalue weighted by Gasteiger charge is -2.28. The van der Waals surface area contributed by atoms with Gasteiger partial charge in [-0.15, -0.1) is 0 Å². The summed E-state index contributed by atoms with van der Waals surface area (Å²) in [6.07, 6.45) is -1.23. The summed E-state index contributed by atoms with van der Waals surface area (Å²) in [5.74, 6) is -1.67. The van der Waals surface area contributed by atoms with Gasteiger partial charge < -0.3 is 25.1 Å². The van der Waals surface area contributed by atoms with E-state index in [0.717, 1.165) is 0 Å². The van der Waals surface area contributed by atoms with Gasteiger partial charge in [0.05, 0.1) is 42.1 Å². The smallest absolute Gasteiger partial charge is 0.195 e. The molecule has 1 fully saturated rings. The second-order valence-electron chi connectivity index (χ2n) is 4.79. The predicted octanol–water partition coefficient (Wildman–Crippen LogP) is 2.09. The highest BCUT2D eigenvalue weighted by Crippen LogP contribution is 2.43. The van der Waals surface area contributed by atoms with Crippen molar-refractivity contribution in [1.82, 2.24) is 0 Å². The average Bonchev–Trinajstić information content (AvgIpc) is 2.90. The molecular formula is C14H19ClFNO4. The summed E-state index contributed by atoms with van der Waals surface area (Å²) in [6, 6.07) is 1.40. The number of hydrogen-bond donors (Lipinski definition) is 2. The number of aliphatic hydroxyl groups excluding tert-OH is 1. The van der Waals surface area contributed by atoms with Crippen molar-refractivity contribution in [1.29, 1.82) is 0 Å². The lowest BCUT2D eigenvalue weighted by Crippen LogP contribution is -2.26. The highest BCUT2D eigenvalue weighted by Gasteiger charge is 2.39. The Balaban J connectivity index is 2.66. The number of ether oxygens (including phenoxy) is 3. The van der Waals surface area contributed by atoms with Crippen LogP contribution in [0.4, 0.5) is 4.39 Å². The predicted molar refractivity (Wildman–Crippen MR) is 75.8 cm³/mol. The van der Waals surface area contributed by atoms with Gasteiger partial charge in [-0.25, -0.2) is 4.39 Å². The normalized spacial score (nSPS) is 18.8. The van der Waals surface area contributed by atoms with Gasteiger partial charge in [0.25, 0.3) is 0 Å². The fraction of sp³-hybridized carbons (Fsp3) is 0.571. The topological polar surface area (TPSA) is 73.9 Å². The van der Waals surface area contributed by atoms with E-state index in [1.807, 2.05) is 0 Å². The molecule has 0 spiro atoms. The van der Waals surface area contributed by atoms with Crippen LogP contribution in [0.1, 0.15) is 31.1 Å². The summed E-state index contributed by atoms with van der Waals surface area (Å²) in [7, 11) is 0. The first-order valence-corrected chi connectivity index (χ1v) is 7.13. The molecule has 118 valence electrons. The zero-order valence-electron chi connectivity index (χ0n) is 12.0. The van der Waals surface area contributed by atoms with Gasteiger partial charge in [-0.05, 0) is 19.9 Å². The average molecular weight is 320 g/mol. The molecule has 1 atom stereocenters. The maximum Gasteiger partial charge on any atom is 0.195 e. The molecule has 0 amide bonds.